The molecule has 0 spiro atoms. The topological polar surface area (TPSA) is 105 Å². The molecule has 0 aliphatic rings. The lowest BCUT2D eigenvalue weighted by atomic mass is 10.2. The first-order valence-corrected chi connectivity index (χ1v) is 3.83. The van der Waals surface area contributed by atoms with Gasteiger partial charge in [0.05, 0.1) is 18.2 Å². The standard InChI is InChI=1S/C8H8N2O5/c1-15-7-3-5(4-9-12)2-6(8(7)11)10(13)14/h2-4,11-12H,1H3/b9-4+. The Morgan fingerprint density at radius 2 is 2.27 bits per heavy atom. The van der Waals surface area contributed by atoms with Crippen LogP contribution in [0.2, 0.25) is 0 Å². The number of phenols is 1. The first kappa shape index (κ1) is 10.8. The van der Waals surface area contributed by atoms with Gasteiger partial charge in [-0.3, -0.25) is 10.1 Å². The summed E-state index contributed by atoms with van der Waals surface area (Å²) in [6.07, 6.45) is 0.995. The van der Waals surface area contributed by atoms with E-state index in [1.165, 1.54) is 13.2 Å². The summed E-state index contributed by atoms with van der Waals surface area (Å²) in [6, 6.07) is 2.37. The lowest BCUT2D eigenvalue weighted by Crippen LogP contribution is -1.94. The van der Waals surface area contributed by atoms with Gasteiger partial charge in [0.25, 0.3) is 0 Å². The second-order valence-electron chi connectivity index (χ2n) is 2.59. The van der Waals surface area contributed by atoms with Gasteiger partial charge in [-0.05, 0) is 6.07 Å². The van der Waals surface area contributed by atoms with Gasteiger partial charge in [0.2, 0.25) is 5.75 Å². The summed E-state index contributed by atoms with van der Waals surface area (Å²) in [4.78, 5) is 9.77. The molecule has 0 saturated carbocycles. The van der Waals surface area contributed by atoms with Gasteiger partial charge >= 0.3 is 5.69 Å². The molecule has 0 aliphatic heterocycles. The molecule has 0 aliphatic carbocycles. The van der Waals surface area contributed by atoms with Crippen molar-refractivity contribution in [1.29, 1.82) is 0 Å². The molecule has 0 heterocycles. The number of nitro groups is 1. The van der Waals surface area contributed by atoms with E-state index in [-0.39, 0.29) is 11.3 Å². The van der Waals surface area contributed by atoms with E-state index in [4.69, 9.17) is 9.94 Å². The fourth-order valence-corrected chi connectivity index (χ4v) is 1.05. The van der Waals surface area contributed by atoms with Gasteiger partial charge in [-0.2, -0.15) is 0 Å². The Balaban J connectivity index is 3.38. The van der Waals surface area contributed by atoms with E-state index in [0.717, 1.165) is 12.3 Å². The van der Waals surface area contributed by atoms with E-state index in [2.05, 4.69) is 5.16 Å². The van der Waals surface area contributed by atoms with Gasteiger partial charge in [-0.1, -0.05) is 5.16 Å². The maximum atomic E-state index is 10.5. The van der Waals surface area contributed by atoms with Crippen LogP contribution in [0.4, 0.5) is 5.69 Å². The van der Waals surface area contributed by atoms with E-state index in [1.807, 2.05) is 0 Å². The Hall–Kier alpha value is -2.31. The van der Waals surface area contributed by atoms with Crippen LogP contribution >= 0.6 is 0 Å². The van der Waals surface area contributed by atoms with Crippen molar-refractivity contribution in [1.82, 2.24) is 0 Å². The fraction of sp³-hybridized carbons (Fsp3) is 0.125. The van der Waals surface area contributed by atoms with Gasteiger partial charge in [0.1, 0.15) is 0 Å². The molecule has 2 N–H and O–H groups in total. The third-order valence-corrected chi connectivity index (χ3v) is 1.70. The zero-order valence-electron chi connectivity index (χ0n) is 7.75. The molecule has 0 radical (unpaired) electrons. The molecular formula is C8H8N2O5. The van der Waals surface area contributed by atoms with Crippen LogP contribution in [0, 0.1) is 10.1 Å². The highest BCUT2D eigenvalue weighted by Crippen LogP contribution is 2.36. The molecule has 0 amide bonds. The van der Waals surface area contributed by atoms with Gasteiger partial charge in [-0.15, -0.1) is 0 Å². The van der Waals surface area contributed by atoms with Crippen LogP contribution in [0.15, 0.2) is 17.3 Å². The second-order valence-corrected chi connectivity index (χ2v) is 2.59. The summed E-state index contributed by atoms with van der Waals surface area (Å²) in [5.41, 5.74) is -0.261. The quantitative estimate of drug-likeness (QED) is 0.338. The number of nitro benzene ring substituents is 1. The van der Waals surface area contributed by atoms with Gasteiger partial charge in [-0.25, -0.2) is 0 Å². The molecule has 0 bridgehead atoms. The first-order valence-electron chi connectivity index (χ1n) is 3.83. The summed E-state index contributed by atoms with van der Waals surface area (Å²) in [7, 11) is 1.26. The minimum absolute atomic E-state index is 0.0564. The molecule has 1 aromatic rings. The van der Waals surface area contributed by atoms with E-state index < -0.39 is 16.4 Å². The van der Waals surface area contributed by atoms with Crippen LogP contribution in [0.5, 0.6) is 11.5 Å². The molecule has 0 unspecified atom stereocenters. The molecular weight excluding hydrogens is 204 g/mol. The number of benzene rings is 1. The van der Waals surface area contributed by atoms with Crippen LogP contribution in [-0.2, 0) is 0 Å². The Morgan fingerprint density at radius 1 is 1.60 bits per heavy atom. The number of phenolic OH excluding ortho intramolecular Hbond substituents is 1. The van der Waals surface area contributed by atoms with Crippen LogP contribution < -0.4 is 4.74 Å². The number of rotatable bonds is 3. The molecule has 0 fully saturated rings. The van der Waals surface area contributed by atoms with Crippen molar-refractivity contribution in [2.75, 3.05) is 7.11 Å². The lowest BCUT2D eigenvalue weighted by Gasteiger charge is -2.04. The Kier molecular flexibility index (Phi) is 3.06. The normalized spacial score (nSPS) is 10.5. The minimum atomic E-state index is -0.757. The summed E-state index contributed by atoms with van der Waals surface area (Å²) in [5.74, 6) is -0.614. The van der Waals surface area contributed by atoms with E-state index >= 15 is 0 Å². The largest absolute Gasteiger partial charge is 0.500 e. The summed E-state index contributed by atoms with van der Waals surface area (Å²) in [6.45, 7) is 0. The number of aromatic hydroxyl groups is 1. The monoisotopic (exact) mass is 212 g/mol. The van der Waals surface area contributed by atoms with Crippen LogP contribution in [-0.4, -0.2) is 28.6 Å². The number of methoxy groups -OCH3 is 1. The third kappa shape index (κ3) is 2.13. The van der Waals surface area contributed by atoms with Crippen molar-refractivity contribution in [2.45, 2.75) is 0 Å². The lowest BCUT2D eigenvalue weighted by molar-refractivity contribution is -0.386. The number of hydrogen-bond acceptors (Lipinski definition) is 6. The number of ether oxygens (including phenoxy) is 1. The summed E-state index contributed by atoms with van der Waals surface area (Å²) in [5, 5.41) is 30.9. The average molecular weight is 212 g/mol. The maximum absolute atomic E-state index is 10.5. The molecule has 7 heteroatoms. The Morgan fingerprint density at radius 3 is 2.73 bits per heavy atom. The predicted octanol–water partition coefficient (Wildman–Crippen LogP) is 1.12. The Bertz CT molecular complexity index is 416. The average Bonchev–Trinajstić information content (AvgIpc) is 2.20. The number of nitrogens with zero attached hydrogens (tertiary/aromatic N) is 2. The van der Waals surface area contributed by atoms with Crippen molar-refractivity contribution in [3.05, 3.63) is 27.8 Å². The highest BCUT2D eigenvalue weighted by Gasteiger charge is 2.19. The van der Waals surface area contributed by atoms with Gasteiger partial charge < -0.3 is 15.1 Å². The zero-order chi connectivity index (χ0) is 11.4. The van der Waals surface area contributed by atoms with Crippen molar-refractivity contribution < 1.29 is 20.0 Å². The second kappa shape index (κ2) is 4.27. The minimum Gasteiger partial charge on any atom is -0.500 e. The number of hydrogen-bond donors (Lipinski definition) is 2. The molecule has 80 valence electrons. The van der Waals surface area contributed by atoms with Crippen molar-refractivity contribution in [3.63, 3.8) is 0 Å². The van der Waals surface area contributed by atoms with Crippen LogP contribution in [0.3, 0.4) is 0 Å². The highest BCUT2D eigenvalue weighted by atomic mass is 16.6. The van der Waals surface area contributed by atoms with Gasteiger partial charge in [0, 0.05) is 11.6 Å². The third-order valence-electron chi connectivity index (χ3n) is 1.70. The SMILES string of the molecule is COc1cc(/C=N/O)cc([N+](=O)[O-])c1O. The Labute approximate surface area is 84.4 Å². The highest BCUT2D eigenvalue weighted by molar-refractivity contribution is 5.82. The van der Waals surface area contributed by atoms with Crippen molar-refractivity contribution in [2.24, 2.45) is 5.16 Å². The summed E-state index contributed by atoms with van der Waals surface area (Å²) >= 11 is 0. The first-order chi connectivity index (χ1) is 7.10. The molecule has 1 aromatic carbocycles. The maximum Gasteiger partial charge on any atom is 0.315 e. The fourth-order valence-electron chi connectivity index (χ4n) is 1.05. The van der Waals surface area contributed by atoms with E-state index in [9.17, 15) is 15.2 Å². The van der Waals surface area contributed by atoms with E-state index in [0.29, 0.717) is 0 Å². The van der Waals surface area contributed by atoms with E-state index in [1.54, 1.807) is 0 Å². The predicted molar refractivity (Wildman–Crippen MR) is 50.7 cm³/mol. The van der Waals surface area contributed by atoms with Crippen molar-refractivity contribution >= 4 is 11.9 Å². The van der Waals surface area contributed by atoms with Crippen LogP contribution in [0.1, 0.15) is 5.56 Å². The summed E-state index contributed by atoms with van der Waals surface area (Å²) < 4.78 is 4.73. The molecule has 0 aromatic heterocycles. The van der Waals surface area contributed by atoms with Crippen LogP contribution in [0.25, 0.3) is 0 Å². The molecule has 0 saturated heterocycles. The number of oxime groups is 1. The molecule has 0 atom stereocenters. The molecule has 1 rings (SSSR count). The molecule has 7 nitrogen and oxygen atoms in total. The van der Waals surface area contributed by atoms with Crippen molar-refractivity contribution in [3.8, 4) is 11.5 Å². The smallest absolute Gasteiger partial charge is 0.315 e. The zero-order valence-corrected chi connectivity index (χ0v) is 7.75. The molecule has 15 heavy (non-hydrogen) atoms. The van der Waals surface area contributed by atoms with Gasteiger partial charge in [0.15, 0.2) is 5.75 Å².